The number of nitrogens with one attached hydrogen (secondary N) is 2. The Kier molecular flexibility index (Phi) is 5.07. The average Bonchev–Trinajstić information content (AvgIpc) is 2.34. The molecule has 0 saturated carbocycles. The molecule has 0 aromatic heterocycles. The van der Waals surface area contributed by atoms with E-state index < -0.39 is 17.4 Å². The largest absolute Gasteiger partial charge is 0.368 e. The standard InChI is InChI=1S/C15H21N3O3/c1-9(19)17-11-7-5-10(6-8-11)14(21)18-12(13(16)20)15(2,3)4/h5-8,12H,1-4H3,(H2,16,20)(H,17,19)(H,18,21)/t12-/m1/s1. The highest BCUT2D eigenvalue weighted by atomic mass is 16.2. The lowest BCUT2D eigenvalue weighted by Crippen LogP contribution is -2.52. The van der Waals surface area contributed by atoms with Crippen LogP contribution >= 0.6 is 0 Å². The maximum Gasteiger partial charge on any atom is 0.251 e. The minimum atomic E-state index is -0.764. The van der Waals surface area contributed by atoms with Gasteiger partial charge in [0.2, 0.25) is 11.8 Å². The molecule has 1 atom stereocenters. The molecule has 0 radical (unpaired) electrons. The van der Waals surface area contributed by atoms with Gasteiger partial charge in [-0.3, -0.25) is 14.4 Å². The topological polar surface area (TPSA) is 101 Å². The Hall–Kier alpha value is -2.37. The Morgan fingerprint density at radius 2 is 1.62 bits per heavy atom. The highest BCUT2D eigenvalue weighted by molar-refractivity contribution is 5.98. The molecular weight excluding hydrogens is 270 g/mol. The summed E-state index contributed by atoms with van der Waals surface area (Å²) < 4.78 is 0. The summed E-state index contributed by atoms with van der Waals surface area (Å²) in [6, 6.07) is 5.61. The van der Waals surface area contributed by atoms with E-state index in [1.165, 1.54) is 6.92 Å². The lowest BCUT2D eigenvalue weighted by Gasteiger charge is -2.28. The number of carbonyl (C=O) groups is 3. The van der Waals surface area contributed by atoms with Crippen LogP contribution in [0.1, 0.15) is 38.1 Å². The molecule has 0 aliphatic carbocycles. The number of hydrogen-bond donors (Lipinski definition) is 3. The van der Waals surface area contributed by atoms with Crippen molar-refractivity contribution < 1.29 is 14.4 Å². The van der Waals surface area contributed by atoms with Crippen LogP contribution in [0.2, 0.25) is 0 Å². The number of primary amides is 1. The molecule has 0 fully saturated rings. The van der Waals surface area contributed by atoms with Gasteiger partial charge in [0.1, 0.15) is 6.04 Å². The van der Waals surface area contributed by atoms with E-state index in [-0.39, 0.29) is 11.8 Å². The molecule has 0 unspecified atom stereocenters. The summed E-state index contributed by atoms with van der Waals surface area (Å²) >= 11 is 0. The maximum atomic E-state index is 12.1. The van der Waals surface area contributed by atoms with E-state index in [2.05, 4.69) is 10.6 Å². The van der Waals surface area contributed by atoms with Crippen molar-refractivity contribution in [1.29, 1.82) is 0 Å². The van der Waals surface area contributed by atoms with Gasteiger partial charge in [0.15, 0.2) is 0 Å². The molecular formula is C15H21N3O3. The number of carbonyl (C=O) groups excluding carboxylic acids is 3. The Morgan fingerprint density at radius 3 is 2.00 bits per heavy atom. The van der Waals surface area contributed by atoms with Crippen LogP contribution in [0, 0.1) is 5.41 Å². The Balaban J connectivity index is 2.84. The molecule has 1 aromatic carbocycles. The van der Waals surface area contributed by atoms with Gasteiger partial charge < -0.3 is 16.4 Å². The fourth-order valence-electron chi connectivity index (χ4n) is 1.84. The first-order chi connectivity index (χ1) is 9.61. The molecule has 0 heterocycles. The Bertz CT molecular complexity index is 544. The van der Waals surface area contributed by atoms with Crippen molar-refractivity contribution in [2.45, 2.75) is 33.7 Å². The molecule has 0 aliphatic rings. The zero-order chi connectivity index (χ0) is 16.2. The lowest BCUT2D eigenvalue weighted by molar-refractivity contribution is -0.122. The third-order valence-corrected chi connectivity index (χ3v) is 2.89. The first-order valence-electron chi connectivity index (χ1n) is 6.59. The predicted octanol–water partition coefficient (Wildman–Crippen LogP) is 1.27. The van der Waals surface area contributed by atoms with Crippen LogP contribution in [0.4, 0.5) is 5.69 Å². The summed E-state index contributed by atoms with van der Waals surface area (Å²) in [5.41, 5.74) is 5.84. The molecule has 114 valence electrons. The molecule has 1 rings (SSSR count). The van der Waals surface area contributed by atoms with Crippen molar-refractivity contribution in [3.05, 3.63) is 29.8 Å². The minimum absolute atomic E-state index is 0.186. The van der Waals surface area contributed by atoms with Crippen molar-refractivity contribution in [3.8, 4) is 0 Å². The molecule has 1 aromatic rings. The van der Waals surface area contributed by atoms with Crippen LogP contribution in [0.25, 0.3) is 0 Å². The van der Waals surface area contributed by atoms with Crippen molar-refractivity contribution in [2.24, 2.45) is 11.1 Å². The second-order valence-electron chi connectivity index (χ2n) is 5.93. The monoisotopic (exact) mass is 291 g/mol. The van der Waals surface area contributed by atoms with Crippen molar-refractivity contribution in [2.75, 3.05) is 5.32 Å². The number of hydrogen-bond acceptors (Lipinski definition) is 3. The summed E-state index contributed by atoms with van der Waals surface area (Å²) in [5, 5.41) is 5.24. The predicted molar refractivity (Wildman–Crippen MR) is 80.6 cm³/mol. The normalized spacial score (nSPS) is 12.4. The highest BCUT2D eigenvalue weighted by Crippen LogP contribution is 2.19. The smallest absolute Gasteiger partial charge is 0.251 e. The van der Waals surface area contributed by atoms with E-state index in [9.17, 15) is 14.4 Å². The third kappa shape index (κ3) is 4.91. The van der Waals surface area contributed by atoms with Gasteiger partial charge in [-0.05, 0) is 29.7 Å². The molecule has 21 heavy (non-hydrogen) atoms. The van der Waals surface area contributed by atoms with Crippen molar-refractivity contribution >= 4 is 23.4 Å². The molecule has 6 heteroatoms. The van der Waals surface area contributed by atoms with Crippen LogP contribution in [-0.4, -0.2) is 23.8 Å². The molecule has 0 aliphatic heterocycles. The van der Waals surface area contributed by atoms with E-state index in [0.29, 0.717) is 11.3 Å². The number of nitrogens with two attached hydrogens (primary N) is 1. The van der Waals surface area contributed by atoms with E-state index in [1.54, 1.807) is 24.3 Å². The summed E-state index contributed by atoms with van der Waals surface area (Å²) in [5.74, 6) is -1.15. The van der Waals surface area contributed by atoms with E-state index >= 15 is 0 Å². The zero-order valence-corrected chi connectivity index (χ0v) is 12.7. The van der Waals surface area contributed by atoms with Crippen LogP contribution in [-0.2, 0) is 9.59 Å². The molecule has 0 saturated heterocycles. The van der Waals surface area contributed by atoms with E-state index in [0.717, 1.165) is 0 Å². The fourth-order valence-corrected chi connectivity index (χ4v) is 1.84. The Labute approximate surface area is 124 Å². The average molecular weight is 291 g/mol. The molecule has 6 nitrogen and oxygen atoms in total. The van der Waals surface area contributed by atoms with Crippen molar-refractivity contribution in [3.63, 3.8) is 0 Å². The quantitative estimate of drug-likeness (QED) is 0.778. The first-order valence-corrected chi connectivity index (χ1v) is 6.59. The van der Waals surface area contributed by atoms with E-state index in [1.807, 2.05) is 20.8 Å². The van der Waals surface area contributed by atoms with Gasteiger partial charge in [0, 0.05) is 18.2 Å². The summed E-state index contributed by atoms with van der Waals surface area (Å²) in [7, 11) is 0. The minimum Gasteiger partial charge on any atom is -0.368 e. The number of rotatable bonds is 4. The van der Waals surface area contributed by atoms with Crippen LogP contribution in [0.3, 0.4) is 0 Å². The van der Waals surface area contributed by atoms with Crippen molar-refractivity contribution in [1.82, 2.24) is 5.32 Å². The molecule has 0 spiro atoms. The first kappa shape index (κ1) is 16.7. The SMILES string of the molecule is CC(=O)Nc1ccc(C(=O)N[C@H](C(N)=O)C(C)(C)C)cc1. The van der Waals surface area contributed by atoms with E-state index in [4.69, 9.17) is 5.73 Å². The van der Waals surface area contributed by atoms with Crippen LogP contribution in [0.15, 0.2) is 24.3 Å². The number of benzene rings is 1. The second-order valence-corrected chi connectivity index (χ2v) is 5.93. The van der Waals surface area contributed by atoms with Crippen LogP contribution < -0.4 is 16.4 Å². The highest BCUT2D eigenvalue weighted by Gasteiger charge is 2.31. The summed E-state index contributed by atoms with van der Waals surface area (Å²) in [6.45, 7) is 6.87. The molecule has 0 bridgehead atoms. The lowest BCUT2D eigenvalue weighted by atomic mass is 9.86. The van der Waals surface area contributed by atoms with Gasteiger partial charge in [-0.15, -0.1) is 0 Å². The molecule has 3 amide bonds. The van der Waals surface area contributed by atoms with Gasteiger partial charge in [0.25, 0.3) is 5.91 Å². The van der Waals surface area contributed by atoms with Gasteiger partial charge in [-0.1, -0.05) is 20.8 Å². The van der Waals surface area contributed by atoms with Gasteiger partial charge in [0.05, 0.1) is 0 Å². The zero-order valence-electron chi connectivity index (χ0n) is 12.7. The summed E-state index contributed by atoms with van der Waals surface area (Å²) in [4.78, 5) is 34.5. The third-order valence-electron chi connectivity index (χ3n) is 2.89. The Morgan fingerprint density at radius 1 is 1.10 bits per heavy atom. The van der Waals surface area contributed by atoms with Crippen LogP contribution in [0.5, 0.6) is 0 Å². The van der Waals surface area contributed by atoms with Gasteiger partial charge >= 0.3 is 0 Å². The number of amides is 3. The summed E-state index contributed by atoms with van der Waals surface area (Å²) in [6.07, 6.45) is 0. The fraction of sp³-hybridized carbons (Fsp3) is 0.400. The molecule has 4 N–H and O–H groups in total. The number of anilines is 1. The van der Waals surface area contributed by atoms with Gasteiger partial charge in [-0.2, -0.15) is 0 Å². The van der Waals surface area contributed by atoms with Gasteiger partial charge in [-0.25, -0.2) is 0 Å². The maximum absolute atomic E-state index is 12.1. The second kappa shape index (κ2) is 6.39.